The number of allylic oxidation sites excluding steroid dienone is 1. The van der Waals surface area contributed by atoms with Crippen molar-refractivity contribution in [2.24, 2.45) is 0 Å². The molecule has 0 saturated heterocycles. The van der Waals surface area contributed by atoms with Crippen LogP contribution in [0.4, 0.5) is 0 Å². The molecule has 29 heavy (non-hydrogen) atoms. The van der Waals surface area contributed by atoms with Crippen LogP contribution in [-0.4, -0.2) is 15.3 Å². The second-order valence-electron chi connectivity index (χ2n) is 6.73. The first-order chi connectivity index (χ1) is 14.3. The molecule has 0 aliphatic carbocycles. The van der Waals surface area contributed by atoms with Gasteiger partial charge in [-0.3, -0.25) is 9.36 Å². The molecule has 0 spiro atoms. The first-order valence-electron chi connectivity index (χ1n) is 9.63. The minimum Gasteiger partial charge on any atom is -0.283 e. The summed E-state index contributed by atoms with van der Waals surface area (Å²) < 4.78 is 1.74. The molecule has 0 bridgehead atoms. The Morgan fingerprint density at radius 1 is 1.07 bits per heavy atom. The number of thioether (sulfide) groups is 1. The maximum absolute atomic E-state index is 13.1. The summed E-state index contributed by atoms with van der Waals surface area (Å²) in [7, 11) is 0. The van der Waals surface area contributed by atoms with Crippen LogP contribution in [0.2, 0.25) is 0 Å². The largest absolute Gasteiger partial charge is 0.283 e. The molecule has 0 N–H and O–H groups in total. The average Bonchev–Trinajstić information content (AvgIpc) is 3.20. The number of thiophene rings is 1. The van der Waals surface area contributed by atoms with Gasteiger partial charge >= 0.3 is 0 Å². The number of aromatic nitrogens is 2. The normalized spacial score (nSPS) is 11.0. The molecule has 0 atom stereocenters. The lowest BCUT2D eigenvalue weighted by Crippen LogP contribution is -2.22. The fourth-order valence-corrected chi connectivity index (χ4v) is 5.25. The van der Waals surface area contributed by atoms with Crippen LogP contribution in [0, 0.1) is 0 Å². The van der Waals surface area contributed by atoms with Gasteiger partial charge in [0.15, 0.2) is 5.16 Å². The van der Waals surface area contributed by atoms with Gasteiger partial charge in [0.2, 0.25) is 0 Å². The Bertz CT molecular complexity index is 1160. The molecule has 2 aromatic carbocycles. The van der Waals surface area contributed by atoms with Crippen molar-refractivity contribution >= 4 is 33.3 Å². The SMILES string of the molecule is C=CCn1c(SCCCc2ccccc2)nc2sc(-c3ccccc3)cc2c1=O. The molecule has 0 amide bonds. The van der Waals surface area contributed by atoms with Crippen molar-refractivity contribution in [2.75, 3.05) is 5.75 Å². The highest BCUT2D eigenvalue weighted by Gasteiger charge is 2.14. The third-order valence-corrected chi connectivity index (χ3v) is 6.81. The lowest BCUT2D eigenvalue weighted by molar-refractivity contribution is 0.672. The monoisotopic (exact) mass is 418 g/mol. The summed E-state index contributed by atoms with van der Waals surface area (Å²) >= 11 is 3.23. The molecule has 4 rings (SSSR count). The number of nitrogens with zero attached hydrogens (tertiary/aromatic N) is 2. The van der Waals surface area contributed by atoms with E-state index >= 15 is 0 Å². The van der Waals surface area contributed by atoms with Gasteiger partial charge in [-0.15, -0.1) is 17.9 Å². The average molecular weight is 419 g/mol. The van der Waals surface area contributed by atoms with Gasteiger partial charge in [0.25, 0.3) is 5.56 Å². The number of hydrogen-bond donors (Lipinski definition) is 0. The molecular weight excluding hydrogens is 396 g/mol. The number of aryl methyl sites for hydroxylation is 1. The fourth-order valence-electron chi connectivity index (χ4n) is 3.23. The van der Waals surface area contributed by atoms with Gasteiger partial charge in [0.1, 0.15) is 4.83 Å². The van der Waals surface area contributed by atoms with E-state index < -0.39 is 0 Å². The number of benzene rings is 2. The zero-order chi connectivity index (χ0) is 20.1. The van der Waals surface area contributed by atoms with E-state index in [0.717, 1.165) is 39.0 Å². The molecular formula is C24H22N2OS2. The summed E-state index contributed by atoms with van der Waals surface area (Å²) in [6, 6.07) is 22.6. The molecule has 146 valence electrons. The van der Waals surface area contributed by atoms with Crippen molar-refractivity contribution in [1.82, 2.24) is 9.55 Å². The summed E-state index contributed by atoms with van der Waals surface area (Å²) in [4.78, 5) is 19.8. The quantitative estimate of drug-likeness (QED) is 0.151. The Morgan fingerprint density at radius 2 is 1.79 bits per heavy atom. The fraction of sp³-hybridized carbons (Fsp3) is 0.167. The van der Waals surface area contributed by atoms with Gasteiger partial charge in [0.05, 0.1) is 5.39 Å². The van der Waals surface area contributed by atoms with Crippen LogP contribution in [0.15, 0.2) is 89.3 Å². The Balaban J connectivity index is 1.59. The molecule has 0 radical (unpaired) electrons. The van der Waals surface area contributed by atoms with Gasteiger partial charge in [-0.05, 0) is 30.0 Å². The van der Waals surface area contributed by atoms with Gasteiger partial charge in [-0.2, -0.15) is 0 Å². The maximum atomic E-state index is 13.1. The van der Waals surface area contributed by atoms with Crippen molar-refractivity contribution in [3.8, 4) is 10.4 Å². The zero-order valence-corrected chi connectivity index (χ0v) is 17.7. The molecule has 0 fully saturated rings. The zero-order valence-electron chi connectivity index (χ0n) is 16.1. The van der Waals surface area contributed by atoms with Crippen LogP contribution >= 0.6 is 23.1 Å². The van der Waals surface area contributed by atoms with E-state index in [0.29, 0.717) is 11.9 Å². The Labute approximate surface area is 178 Å². The van der Waals surface area contributed by atoms with Crippen LogP contribution in [0.25, 0.3) is 20.7 Å². The van der Waals surface area contributed by atoms with E-state index in [1.54, 1.807) is 33.7 Å². The maximum Gasteiger partial charge on any atom is 0.263 e. The number of fused-ring (bicyclic) bond motifs is 1. The number of rotatable bonds is 8. The van der Waals surface area contributed by atoms with Crippen molar-refractivity contribution in [3.05, 3.63) is 95.3 Å². The van der Waals surface area contributed by atoms with Gasteiger partial charge in [-0.25, -0.2) is 4.98 Å². The van der Waals surface area contributed by atoms with Crippen LogP contribution in [0.3, 0.4) is 0 Å². The standard InChI is InChI=1S/C24H22N2OS2/c1-2-15-26-23(27)20-17-21(19-13-7-4-8-14-19)29-22(20)25-24(26)28-16-9-12-18-10-5-3-6-11-18/h2-8,10-11,13-14,17H,1,9,12,15-16H2. The third-order valence-electron chi connectivity index (χ3n) is 4.67. The predicted molar refractivity (Wildman–Crippen MR) is 125 cm³/mol. The number of hydrogen-bond acceptors (Lipinski definition) is 4. The third kappa shape index (κ3) is 4.52. The molecule has 5 heteroatoms. The molecule has 4 aromatic rings. The van der Waals surface area contributed by atoms with Crippen molar-refractivity contribution in [3.63, 3.8) is 0 Å². The second kappa shape index (κ2) is 9.25. The van der Waals surface area contributed by atoms with Crippen LogP contribution < -0.4 is 5.56 Å². The van der Waals surface area contributed by atoms with Crippen LogP contribution in [-0.2, 0) is 13.0 Å². The Morgan fingerprint density at radius 3 is 2.52 bits per heavy atom. The highest BCUT2D eigenvalue weighted by molar-refractivity contribution is 7.99. The molecule has 3 nitrogen and oxygen atoms in total. The minimum absolute atomic E-state index is 0.0129. The van der Waals surface area contributed by atoms with Crippen LogP contribution in [0.1, 0.15) is 12.0 Å². The summed E-state index contributed by atoms with van der Waals surface area (Å²) in [5.41, 5.74) is 2.46. The lowest BCUT2D eigenvalue weighted by atomic mass is 10.1. The van der Waals surface area contributed by atoms with Crippen LogP contribution in [0.5, 0.6) is 0 Å². The highest BCUT2D eigenvalue weighted by Crippen LogP contribution is 2.32. The van der Waals surface area contributed by atoms with Gasteiger partial charge in [0, 0.05) is 17.2 Å². The summed E-state index contributed by atoms with van der Waals surface area (Å²) in [6.45, 7) is 4.28. The van der Waals surface area contributed by atoms with E-state index in [1.807, 2.05) is 30.3 Å². The van der Waals surface area contributed by atoms with E-state index in [4.69, 9.17) is 4.98 Å². The molecule has 0 aliphatic rings. The van der Waals surface area contributed by atoms with E-state index in [9.17, 15) is 4.79 Å². The summed E-state index contributed by atoms with van der Waals surface area (Å²) in [6.07, 6.45) is 3.82. The predicted octanol–water partition coefficient (Wildman–Crippen LogP) is 6.04. The minimum atomic E-state index is 0.0129. The van der Waals surface area contributed by atoms with Gasteiger partial charge < -0.3 is 0 Å². The van der Waals surface area contributed by atoms with E-state index in [1.165, 1.54) is 5.56 Å². The van der Waals surface area contributed by atoms with E-state index in [-0.39, 0.29) is 5.56 Å². The van der Waals surface area contributed by atoms with Crippen molar-refractivity contribution in [1.29, 1.82) is 0 Å². The summed E-state index contributed by atoms with van der Waals surface area (Å²) in [5.74, 6) is 0.918. The highest BCUT2D eigenvalue weighted by atomic mass is 32.2. The molecule has 0 unspecified atom stereocenters. The topological polar surface area (TPSA) is 34.9 Å². The Kier molecular flexibility index (Phi) is 6.27. The van der Waals surface area contributed by atoms with Gasteiger partial charge in [-0.1, -0.05) is 78.5 Å². The first kappa shape index (κ1) is 19.7. The summed E-state index contributed by atoms with van der Waals surface area (Å²) in [5, 5.41) is 1.46. The first-order valence-corrected chi connectivity index (χ1v) is 11.4. The molecule has 0 aliphatic heterocycles. The van der Waals surface area contributed by atoms with E-state index in [2.05, 4.69) is 43.0 Å². The van der Waals surface area contributed by atoms with Crippen molar-refractivity contribution in [2.45, 2.75) is 24.5 Å². The lowest BCUT2D eigenvalue weighted by Gasteiger charge is -2.09. The smallest absolute Gasteiger partial charge is 0.263 e. The molecule has 2 aromatic heterocycles. The van der Waals surface area contributed by atoms with Crippen molar-refractivity contribution < 1.29 is 0 Å². The second-order valence-corrected chi connectivity index (χ2v) is 8.82. The Hall–Kier alpha value is -2.63. The molecule has 0 saturated carbocycles. The molecule has 2 heterocycles.